The fourth-order valence-corrected chi connectivity index (χ4v) is 11.1. The summed E-state index contributed by atoms with van der Waals surface area (Å²) >= 11 is 0. The van der Waals surface area contributed by atoms with E-state index in [2.05, 4.69) is 104 Å². The fraction of sp³-hybridized carbons (Fsp3) is 0.412. The molecule has 0 spiro atoms. The van der Waals surface area contributed by atoms with Crippen molar-refractivity contribution in [2.45, 2.75) is 58.4 Å². The maximum Gasteiger partial charge on any atom is 0.328 e. The second-order valence-electron chi connectivity index (χ2n) is 12.5. The van der Waals surface area contributed by atoms with Crippen molar-refractivity contribution >= 4 is 42.0 Å². The number of piperidine rings is 1. The number of amides is 3. The average Bonchev–Trinajstić information content (AvgIpc) is 2.96. The largest absolute Gasteiger partial charge is 0.407 e. The first-order chi connectivity index (χ1) is 19.7. The number of imide groups is 1. The van der Waals surface area contributed by atoms with Crippen molar-refractivity contribution in [3.63, 3.8) is 0 Å². The van der Waals surface area contributed by atoms with Crippen molar-refractivity contribution in [1.82, 2.24) is 5.32 Å². The Kier molecular flexibility index (Phi) is 8.66. The van der Waals surface area contributed by atoms with E-state index in [0.717, 1.165) is 50.2 Å². The molecule has 0 radical (unpaired) electrons. The first-order valence-electron chi connectivity index (χ1n) is 14.9. The van der Waals surface area contributed by atoms with Crippen LogP contribution in [0.15, 0.2) is 78.9 Å². The van der Waals surface area contributed by atoms with E-state index in [1.54, 1.807) is 4.90 Å². The lowest BCUT2D eigenvalue weighted by atomic mass is 9.93. The van der Waals surface area contributed by atoms with Crippen molar-refractivity contribution in [2.24, 2.45) is 5.92 Å². The Labute approximate surface area is 245 Å². The Morgan fingerprint density at radius 3 is 2.02 bits per heavy atom. The van der Waals surface area contributed by atoms with Crippen LogP contribution in [0.25, 0.3) is 0 Å². The lowest BCUT2D eigenvalue weighted by Crippen LogP contribution is -2.66. The Balaban J connectivity index is 1.22. The van der Waals surface area contributed by atoms with Gasteiger partial charge in [0.05, 0.1) is 0 Å². The Morgan fingerprint density at radius 1 is 0.878 bits per heavy atom. The summed E-state index contributed by atoms with van der Waals surface area (Å²) in [5, 5.41) is 5.08. The van der Waals surface area contributed by atoms with Gasteiger partial charge < -0.3 is 9.33 Å². The van der Waals surface area contributed by atoms with Crippen LogP contribution in [-0.2, 0) is 9.22 Å². The van der Waals surface area contributed by atoms with Gasteiger partial charge in [-0.2, -0.15) is 0 Å². The Bertz CT molecular complexity index is 1310. The molecule has 1 N–H and O–H groups in total. The Hall–Kier alpha value is -3.42. The Morgan fingerprint density at radius 2 is 1.49 bits per heavy atom. The van der Waals surface area contributed by atoms with Crippen LogP contribution in [0.1, 0.15) is 52.0 Å². The van der Waals surface area contributed by atoms with Crippen LogP contribution in [0, 0.1) is 12.8 Å². The third kappa shape index (κ3) is 6.11. The summed E-state index contributed by atoms with van der Waals surface area (Å²) in [6.45, 7) is 12.3. The number of anilines is 2. The number of urea groups is 1. The molecule has 41 heavy (non-hydrogen) atoms. The number of hydrogen-bond acceptors (Lipinski definition) is 4. The summed E-state index contributed by atoms with van der Waals surface area (Å²) < 4.78 is 7.15. The zero-order valence-electron chi connectivity index (χ0n) is 24.9. The first kappa shape index (κ1) is 29.1. The number of hydrogen-bond donors (Lipinski definition) is 1. The second kappa shape index (κ2) is 12.2. The number of rotatable bonds is 8. The summed E-state index contributed by atoms with van der Waals surface area (Å²) in [5.74, 6) is 0.430. The van der Waals surface area contributed by atoms with E-state index >= 15 is 0 Å². The van der Waals surface area contributed by atoms with Gasteiger partial charge in [0.15, 0.2) is 0 Å². The summed E-state index contributed by atoms with van der Waals surface area (Å²) in [6.07, 6.45) is 3.68. The zero-order valence-corrected chi connectivity index (χ0v) is 25.9. The molecule has 5 rings (SSSR count). The van der Waals surface area contributed by atoms with E-state index in [1.807, 2.05) is 13.0 Å². The fourth-order valence-electron chi connectivity index (χ4n) is 6.55. The van der Waals surface area contributed by atoms with Crippen molar-refractivity contribution in [3.05, 3.63) is 84.4 Å². The summed E-state index contributed by atoms with van der Waals surface area (Å²) in [4.78, 5) is 28.0. The van der Waals surface area contributed by atoms with Crippen LogP contribution >= 0.6 is 0 Å². The molecular weight excluding hydrogens is 526 g/mol. The predicted molar refractivity (Wildman–Crippen MR) is 170 cm³/mol. The van der Waals surface area contributed by atoms with Crippen LogP contribution in [0.5, 0.6) is 0 Å². The molecule has 3 aromatic rings. The van der Waals surface area contributed by atoms with Crippen LogP contribution in [0.3, 0.4) is 0 Å². The van der Waals surface area contributed by atoms with Gasteiger partial charge in [-0.05, 0) is 71.3 Å². The summed E-state index contributed by atoms with van der Waals surface area (Å²) in [7, 11) is -2.50. The number of carbonyl (C=O) groups is 2. The second-order valence-corrected chi connectivity index (χ2v) is 16.8. The highest BCUT2D eigenvalue weighted by Gasteiger charge is 2.50. The van der Waals surface area contributed by atoms with Gasteiger partial charge in [0, 0.05) is 44.0 Å². The van der Waals surface area contributed by atoms with Crippen LogP contribution in [0.4, 0.5) is 16.2 Å². The molecular formula is C34H43N3O3Si. The minimum Gasteiger partial charge on any atom is -0.407 e. The minimum atomic E-state index is -2.50. The molecule has 0 aromatic heterocycles. The normalized spacial score (nSPS) is 17.1. The van der Waals surface area contributed by atoms with Gasteiger partial charge in [-0.15, -0.1) is 0 Å². The van der Waals surface area contributed by atoms with Crippen molar-refractivity contribution in [1.29, 1.82) is 0 Å². The number of aryl methyl sites for hydroxylation is 1. The maximum atomic E-state index is 12.3. The number of carbonyl (C=O) groups excluding carboxylic acids is 2. The SMILES string of the molecule is Cc1cc(N2CCC(CCO[Si](c3ccccc3)(c3ccccc3)C(C)(C)C)CC2)ccc1N1CCC(=O)NC1=O. The van der Waals surface area contributed by atoms with Gasteiger partial charge in [-0.25, -0.2) is 4.79 Å². The van der Waals surface area contributed by atoms with Gasteiger partial charge in [-0.1, -0.05) is 81.4 Å². The highest BCUT2D eigenvalue weighted by atomic mass is 28.4. The van der Waals surface area contributed by atoms with E-state index in [-0.39, 0.29) is 17.0 Å². The standard InChI is InChI=1S/C34H43N3O3Si/c1-26-25-28(15-16-31(26)37-23-19-32(38)35-33(37)39)36-21-17-27(18-22-36)20-24-40-41(34(2,3)4,29-11-7-5-8-12-29)30-13-9-6-10-14-30/h5-16,25,27H,17-24H2,1-4H3,(H,35,38,39). The third-order valence-corrected chi connectivity index (χ3v) is 13.8. The molecule has 0 saturated carbocycles. The van der Waals surface area contributed by atoms with Gasteiger partial charge in [0.2, 0.25) is 5.91 Å². The van der Waals surface area contributed by atoms with Crippen LogP contribution in [0.2, 0.25) is 5.04 Å². The molecule has 3 amide bonds. The molecule has 0 aliphatic carbocycles. The van der Waals surface area contributed by atoms with Crippen molar-refractivity contribution in [3.8, 4) is 0 Å². The lowest BCUT2D eigenvalue weighted by molar-refractivity contribution is -0.120. The molecule has 0 unspecified atom stereocenters. The van der Waals surface area contributed by atoms with Gasteiger partial charge in [-0.3, -0.25) is 15.0 Å². The van der Waals surface area contributed by atoms with Crippen molar-refractivity contribution < 1.29 is 14.0 Å². The lowest BCUT2D eigenvalue weighted by Gasteiger charge is -2.43. The molecule has 216 valence electrons. The minimum absolute atomic E-state index is 0.00645. The van der Waals surface area contributed by atoms with E-state index < -0.39 is 8.32 Å². The molecule has 0 bridgehead atoms. The topological polar surface area (TPSA) is 61.9 Å². The highest BCUT2D eigenvalue weighted by Crippen LogP contribution is 2.37. The van der Waals surface area contributed by atoms with E-state index in [4.69, 9.17) is 4.43 Å². The zero-order chi connectivity index (χ0) is 29.0. The van der Waals surface area contributed by atoms with Crippen LogP contribution in [-0.4, -0.2) is 46.5 Å². The molecule has 2 aliphatic heterocycles. The molecule has 0 atom stereocenters. The highest BCUT2D eigenvalue weighted by molar-refractivity contribution is 6.99. The first-order valence-corrected chi connectivity index (χ1v) is 16.8. The van der Waals surface area contributed by atoms with E-state index in [0.29, 0.717) is 18.9 Å². The molecule has 2 aliphatic rings. The van der Waals surface area contributed by atoms with E-state index in [9.17, 15) is 9.59 Å². The molecule has 7 heteroatoms. The predicted octanol–water partition coefficient (Wildman–Crippen LogP) is 5.62. The molecule has 3 aromatic carbocycles. The smallest absolute Gasteiger partial charge is 0.328 e. The van der Waals surface area contributed by atoms with Gasteiger partial charge in [0.25, 0.3) is 8.32 Å². The number of nitrogens with one attached hydrogen (secondary N) is 1. The summed E-state index contributed by atoms with van der Waals surface area (Å²) in [6, 6.07) is 27.7. The quantitative estimate of drug-likeness (QED) is 0.358. The van der Waals surface area contributed by atoms with Crippen molar-refractivity contribution in [2.75, 3.05) is 36.0 Å². The average molecular weight is 570 g/mol. The number of nitrogens with zero attached hydrogens (tertiary/aromatic N) is 2. The van der Waals surface area contributed by atoms with Gasteiger partial charge >= 0.3 is 6.03 Å². The van der Waals surface area contributed by atoms with E-state index in [1.165, 1.54) is 16.1 Å². The monoisotopic (exact) mass is 569 g/mol. The molecule has 6 nitrogen and oxygen atoms in total. The third-order valence-electron chi connectivity index (χ3n) is 8.77. The summed E-state index contributed by atoms with van der Waals surface area (Å²) in [5.41, 5.74) is 3.11. The van der Waals surface area contributed by atoms with Crippen LogP contribution < -0.4 is 25.5 Å². The molecule has 2 saturated heterocycles. The molecule has 2 fully saturated rings. The number of benzene rings is 3. The maximum absolute atomic E-state index is 12.3. The molecule has 2 heterocycles. The van der Waals surface area contributed by atoms with Gasteiger partial charge in [0.1, 0.15) is 0 Å².